The molecule has 0 spiro atoms. The number of hydrogen-bond acceptors (Lipinski definition) is 2. The molecule has 0 bridgehead atoms. The van der Waals surface area contributed by atoms with Crippen LogP contribution in [0.5, 0.6) is 0 Å². The Hall–Kier alpha value is -1.05. The lowest BCUT2D eigenvalue weighted by molar-refractivity contribution is -0.105. The molecule has 0 aromatic carbocycles. The Morgan fingerprint density at radius 2 is 2.21 bits per heavy atom. The Bertz CT molecular complexity index is 381. The van der Waals surface area contributed by atoms with Gasteiger partial charge in [-0.2, -0.15) is 0 Å². The number of thiophene rings is 1. The van der Waals surface area contributed by atoms with Crippen molar-refractivity contribution < 1.29 is 4.79 Å². The van der Waals surface area contributed by atoms with E-state index in [2.05, 4.69) is 36.4 Å². The topological polar surface area (TPSA) is 29.1 Å². The third kappa shape index (κ3) is 3.36. The molecule has 4 heteroatoms. The number of amides is 1. The van der Waals surface area contributed by atoms with Gasteiger partial charge in [0.05, 0.1) is 10.6 Å². The first-order valence-electron chi connectivity index (χ1n) is 4.34. The zero-order valence-electron chi connectivity index (χ0n) is 8.55. The van der Waals surface area contributed by atoms with Gasteiger partial charge in [0.1, 0.15) is 8.07 Å². The van der Waals surface area contributed by atoms with E-state index in [1.807, 2.05) is 11.4 Å². The minimum atomic E-state index is -1.33. The Balaban J connectivity index is 2.89. The van der Waals surface area contributed by atoms with Crippen LogP contribution in [-0.4, -0.2) is 14.5 Å². The summed E-state index contributed by atoms with van der Waals surface area (Å²) in [6.07, 6.45) is 0.682. The molecule has 0 unspecified atom stereocenters. The maximum atomic E-state index is 10.3. The van der Waals surface area contributed by atoms with Gasteiger partial charge in [-0.05, 0) is 11.4 Å². The van der Waals surface area contributed by atoms with E-state index in [-0.39, 0.29) is 0 Å². The van der Waals surface area contributed by atoms with E-state index in [4.69, 9.17) is 0 Å². The van der Waals surface area contributed by atoms with Crippen LogP contribution in [0.3, 0.4) is 0 Å². The fraction of sp³-hybridized carbons (Fsp3) is 0.300. The summed E-state index contributed by atoms with van der Waals surface area (Å²) in [6, 6.07) is 1.87. The second-order valence-electron chi connectivity index (χ2n) is 3.93. The van der Waals surface area contributed by atoms with Crippen LogP contribution >= 0.6 is 11.3 Å². The maximum absolute atomic E-state index is 10.3. The van der Waals surface area contributed by atoms with Crippen LogP contribution in [0.2, 0.25) is 19.6 Å². The summed E-state index contributed by atoms with van der Waals surface area (Å²) in [4.78, 5) is 11.2. The zero-order chi connectivity index (χ0) is 10.6. The Labute approximate surface area is 89.4 Å². The molecule has 1 amide bonds. The first-order chi connectivity index (χ1) is 6.53. The van der Waals surface area contributed by atoms with Gasteiger partial charge in [0.25, 0.3) is 0 Å². The van der Waals surface area contributed by atoms with Crippen LogP contribution in [0.4, 0.5) is 5.69 Å². The summed E-state index contributed by atoms with van der Waals surface area (Å²) >= 11 is 1.56. The highest BCUT2D eigenvalue weighted by Gasteiger charge is 2.08. The minimum absolute atomic E-state index is 0.682. The van der Waals surface area contributed by atoms with Crippen molar-refractivity contribution >= 4 is 31.5 Å². The largest absolute Gasteiger partial charge is 0.327 e. The molecule has 14 heavy (non-hydrogen) atoms. The first kappa shape index (κ1) is 11.0. The Morgan fingerprint density at radius 3 is 2.79 bits per heavy atom. The lowest BCUT2D eigenvalue weighted by atomic mass is 10.4. The first-order valence-corrected chi connectivity index (χ1v) is 8.72. The predicted octanol–water partition coefficient (Wildman–Crippen LogP) is 2.55. The van der Waals surface area contributed by atoms with Crippen molar-refractivity contribution in [3.63, 3.8) is 0 Å². The molecule has 0 saturated heterocycles. The molecule has 1 rings (SSSR count). The molecule has 2 nitrogen and oxygen atoms in total. The molecular formula is C10H13NOSSi. The number of anilines is 1. The maximum Gasteiger partial charge on any atom is 0.211 e. The fourth-order valence-electron chi connectivity index (χ4n) is 0.827. The van der Waals surface area contributed by atoms with Crippen LogP contribution in [0.15, 0.2) is 11.4 Å². The molecule has 0 fully saturated rings. The summed E-state index contributed by atoms with van der Waals surface area (Å²) in [5.74, 6) is 3.13. The van der Waals surface area contributed by atoms with Crippen LogP contribution in [0.1, 0.15) is 4.88 Å². The van der Waals surface area contributed by atoms with Crippen molar-refractivity contribution in [2.75, 3.05) is 5.32 Å². The van der Waals surface area contributed by atoms with Crippen molar-refractivity contribution in [2.45, 2.75) is 19.6 Å². The highest BCUT2D eigenvalue weighted by atomic mass is 32.1. The van der Waals surface area contributed by atoms with Crippen molar-refractivity contribution in [2.24, 2.45) is 0 Å². The van der Waals surface area contributed by atoms with E-state index >= 15 is 0 Å². The van der Waals surface area contributed by atoms with E-state index in [1.54, 1.807) is 11.3 Å². The standard InChI is InChI=1S/C10H13NOSSi/c1-14(2,3)7-5-10-9(11-8-12)4-6-13-10/h4,6,8H,1-3H3,(H,11,12). The smallest absolute Gasteiger partial charge is 0.211 e. The van der Waals surface area contributed by atoms with Crippen LogP contribution in [0, 0.1) is 11.5 Å². The molecule has 1 aromatic heterocycles. The normalized spacial score (nSPS) is 10.2. The quantitative estimate of drug-likeness (QED) is 0.466. The SMILES string of the molecule is C[Si](C)(C)C#Cc1sccc1NC=O. The molecule has 0 saturated carbocycles. The number of nitrogens with one attached hydrogen (secondary N) is 1. The van der Waals surface area contributed by atoms with E-state index in [0.717, 1.165) is 10.6 Å². The lowest BCUT2D eigenvalue weighted by Crippen LogP contribution is -2.16. The van der Waals surface area contributed by atoms with E-state index in [1.165, 1.54) is 0 Å². The van der Waals surface area contributed by atoms with Crippen molar-refractivity contribution in [1.82, 2.24) is 0 Å². The number of carbonyl (C=O) groups excluding carboxylic acids is 1. The second-order valence-corrected chi connectivity index (χ2v) is 9.59. The highest BCUT2D eigenvalue weighted by Crippen LogP contribution is 2.20. The lowest BCUT2D eigenvalue weighted by Gasteiger charge is -2.03. The van der Waals surface area contributed by atoms with Crippen LogP contribution in [0.25, 0.3) is 0 Å². The van der Waals surface area contributed by atoms with Gasteiger partial charge in [0, 0.05) is 0 Å². The van der Waals surface area contributed by atoms with Gasteiger partial charge in [-0.25, -0.2) is 0 Å². The monoisotopic (exact) mass is 223 g/mol. The molecule has 0 aliphatic rings. The van der Waals surface area contributed by atoms with Crippen molar-refractivity contribution in [3.8, 4) is 11.5 Å². The predicted molar refractivity (Wildman–Crippen MR) is 64.2 cm³/mol. The van der Waals surface area contributed by atoms with Gasteiger partial charge in [-0.3, -0.25) is 4.79 Å². The molecule has 1 aromatic rings. The van der Waals surface area contributed by atoms with Gasteiger partial charge in [-0.15, -0.1) is 16.9 Å². The summed E-state index contributed by atoms with van der Waals surface area (Å²) in [5.41, 5.74) is 4.08. The van der Waals surface area contributed by atoms with E-state index in [9.17, 15) is 4.79 Å². The molecule has 1 heterocycles. The average molecular weight is 223 g/mol. The zero-order valence-corrected chi connectivity index (χ0v) is 10.4. The molecule has 1 N–H and O–H groups in total. The fourth-order valence-corrected chi connectivity index (χ4v) is 2.12. The summed E-state index contributed by atoms with van der Waals surface area (Å²) in [7, 11) is -1.33. The summed E-state index contributed by atoms with van der Waals surface area (Å²) < 4.78 is 0. The van der Waals surface area contributed by atoms with Gasteiger partial charge in [0.2, 0.25) is 6.41 Å². The van der Waals surface area contributed by atoms with Gasteiger partial charge in [-0.1, -0.05) is 25.6 Å². The summed E-state index contributed by atoms with van der Waals surface area (Å²) in [5, 5.41) is 4.57. The van der Waals surface area contributed by atoms with Gasteiger partial charge >= 0.3 is 0 Å². The van der Waals surface area contributed by atoms with E-state index in [0.29, 0.717) is 6.41 Å². The Kier molecular flexibility index (Phi) is 3.50. The number of hydrogen-bond donors (Lipinski definition) is 1. The number of rotatable bonds is 2. The van der Waals surface area contributed by atoms with Crippen LogP contribution < -0.4 is 5.32 Å². The molecule has 0 aliphatic carbocycles. The Morgan fingerprint density at radius 1 is 1.50 bits per heavy atom. The molecule has 0 aliphatic heterocycles. The number of carbonyl (C=O) groups is 1. The van der Waals surface area contributed by atoms with Crippen molar-refractivity contribution in [3.05, 3.63) is 16.3 Å². The molecule has 0 atom stereocenters. The summed E-state index contributed by atoms with van der Waals surface area (Å²) in [6.45, 7) is 6.58. The van der Waals surface area contributed by atoms with Crippen molar-refractivity contribution in [1.29, 1.82) is 0 Å². The van der Waals surface area contributed by atoms with Crippen LogP contribution in [-0.2, 0) is 4.79 Å². The highest BCUT2D eigenvalue weighted by molar-refractivity contribution is 7.11. The molecule has 0 radical (unpaired) electrons. The second kappa shape index (κ2) is 4.44. The minimum Gasteiger partial charge on any atom is -0.327 e. The molecule has 74 valence electrons. The average Bonchev–Trinajstić information content (AvgIpc) is 2.48. The van der Waals surface area contributed by atoms with Gasteiger partial charge < -0.3 is 5.32 Å². The van der Waals surface area contributed by atoms with E-state index < -0.39 is 8.07 Å². The molecular weight excluding hydrogens is 210 g/mol. The third-order valence-corrected chi connectivity index (χ3v) is 3.14. The third-order valence-electron chi connectivity index (χ3n) is 1.43. The van der Waals surface area contributed by atoms with Gasteiger partial charge in [0.15, 0.2) is 0 Å².